The summed E-state index contributed by atoms with van der Waals surface area (Å²) in [6, 6.07) is 12.6. The summed E-state index contributed by atoms with van der Waals surface area (Å²) in [6.45, 7) is 4.59. The minimum atomic E-state index is -3.60. The minimum absolute atomic E-state index is 0.0404. The Hall–Kier alpha value is -3.46. The highest BCUT2D eigenvalue weighted by Gasteiger charge is 2.17. The van der Waals surface area contributed by atoms with Gasteiger partial charge in [0.2, 0.25) is 15.0 Å². The zero-order valence-corrected chi connectivity index (χ0v) is 21.4. The van der Waals surface area contributed by atoms with Crippen LogP contribution in [0.4, 0.5) is 5.13 Å². The number of hydrogen-bond donors (Lipinski definition) is 1. The molecular formula is C23H21ClN4O5S2. The van der Waals surface area contributed by atoms with Gasteiger partial charge >= 0.3 is 0 Å². The third-order valence-corrected chi connectivity index (χ3v) is 6.41. The van der Waals surface area contributed by atoms with Gasteiger partial charge in [-0.15, -0.1) is 0 Å². The third-order valence-electron chi connectivity index (χ3n) is 4.52. The van der Waals surface area contributed by atoms with Crippen molar-refractivity contribution in [1.82, 2.24) is 9.36 Å². The molecule has 3 aromatic rings. The zero-order chi connectivity index (χ0) is 25.6. The number of aromatic nitrogens is 2. The highest BCUT2D eigenvalue weighted by atomic mass is 35.5. The van der Waals surface area contributed by atoms with Gasteiger partial charge in [-0.2, -0.15) is 14.6 Å². The van der Waals surface area contributed by atoms with Gasteiger partial charge in [0.05, 0.1) is 5.02 Å². The van der Waals surface area contributed by atoms with Gasteiger partial charge in [-0.05, 0) is 49.2 Å². The molecule has 182 valence electrons. The van der Waals surface area contributed by atoms with Crippen LogP contribution in [0.15, 0.2) is 47.1 Å². The number of anilines is 1. The van der Waals surface area contributed by atoms with Crippen molar-refractivity contribution >= 4 is 50.1 Å². The first-order valence-electron chi connectivity index (χ1n) is 10.2. The summed E-state index contributed by atoms with van der Waals surface area (Å²) < 4.78 is 38.0. The number of halogens is 1. The van der Waals surface area contributed by atoms with Crippen molar-refractivity contribution < 1.29 is 22.7 Å². The van der Waals surface area contributed by atoms with Crippen molar-refractivity contribution in [3.63, 3.8) is 0 Å². The average Bonchev–Trinajstić information content (AvgIpc) is 3.26. The second-order valence-corrected chi connectivity index (χ2v) is 10.5. The van der Waals surface area contributed by atoms with Crippen molar-refractivity contribution in [1.29, 1.82) is 5.26 Å². The lowest BCUT2D eigenvalue weighted by atomic mass is 10.1. The van der Waals surface area contributed by atoms with Crippen molar-refractivity contribution in [2.75, 3.05) is 24.8 Å². The summed E-state index contributed by atoms with van der Waals surface area (Å²) >= 11 is 6.99. The predicted octanol–water partition coefficient (Wildman–Crippen LogP) is 4.22. The maximum atomic E-state index is 12.4. The van der Waals surface area contributed by atoms with E-state index in [-0.39, 0.29) is 17.3 Å². The normalized spacial score (nSPS) is 11.6. The fourth-order valence-electron chi connectivity index (χ4n) is 2.88. The summed E-state index contributed by atoms with van der Waals surface area (Å²) in [6.07, 6.45) is 2.29. The lowest BCUT2D eigenvalue weighted by molar-refractivity contribution is -0.112. The molecule has 0 aliphatic heterocycles. The average molecular weight is 533 g/mol. The van der Waals surface area contributed by atoms with E-state index in [9.17, 15) is 18.5 Å². The van der Waals surface area contributed by atoms with Crippen LogP contribution in [-0.2, 0) is 14.6 Å². The number of amides is 1. The van der Waals surface area contributed by atoms with Gasteiger partial charge in [-0.25, -0.2) is 8.42 Å². The number of rotatable bonds is 9. The first-order chi connectivity index (χ1) is 16.6. The number of sulfone groups is 1. The molecule has 12 heteroatoms. The van der Waals surface area contributed by atoms with Crippen LogP contribution in [0.3, 0.4) is 0 Å². The number of hydrogen-bond acceptors (Lipinski definition) is 9. The third kappa shape index (κ3) is 7.26. The summed E-state index contributed by atoms with van der Waals surface area (Å²) in [5.41, 5.74) is 2.46. The minimum Gasteiger partial charge on any atom is -0.490 e. The molecule has 1 amide bonds. The number of aryl methyl sites for hydroxylation is 2. The molecule has 3 rings (SSSR count). The van der Waals surface area contributed by atoms with Gasteiger partial charge in [-0.1, -0.05) is 35.4 Å². The van der Waals surface area contributed by atoms with Crippen LogP contribution >= 0.6 is 23.1 Å². The van der Waals surface area contributed by atoms with Gasteiger partial charge in [0.15, 0.2) is 0 Å². The van der Waals surface area contributed by atoms with Gasteiger partial charge in [0.25, 0.3) is 11.1 Å². The van der Waals surface area contributed by atoms with Gasteiger partial charge in [0, 0.05) is 17.8 Å². The number of nitrogens with zero attached hydrogens (tertiary/aromatic N) is 3. The number of carbonyl (C=O) groups excluding carboxylic acids is 1. The Labute approximate surface area is 212 Å². The zero-order valence-electron chi connectivity index (χ0n) is 19.0. The molecule has 0 radical (unpaired) electrons. The first-order valence-corrected chi connectivity index (χ1v) is 13.2. The maximum Gasteiger partial charge on any atom is 0.268 e. The molecule has 0 atom stereocenters. The Bertz CT molecular complexity index is 1430. The van der Waals surface area contributed by atoms with Crippen molar-refractivity contribution in [2.45, 2.75) is 19.0 Å². The van der Waals surface area contributed by atoms with Crippen LogP contribution in [0.5, 0.6) is 11.5 Å². The van der Waals surface area contributed by atoms with Crippen molar-refractivity contribution in [2.24, 2.45) is 0 Å². The molecule has 1 aromatic heterocycles. The van der Waals surface area contributed by atoms with E-state index in [1.807, 2.05) is 32.0 Å². The summed E-state index contributed by atoms with van der Waals surface area (Å²) in [7, 11) is -3.60. The topological polar surface area (TPSA) is 131 Å². The number of carbonyl (C=O) groups is 1. The van der Waals surface area contributed by atoms with Gasteiger partial charge < -0.3 is 9.47 Å². The van der Waals surface area contributed by atoms with Gasteiger partial charge in [-0.3, -0.25) is 10.1 Å². The molecule has 9 nitrogen and oxygen atoms in total. The molecule has 0 unspecified atom stereocenters. The van der Waals surface area contributed by atoms with E-state index in [0.29, 0.717) is 34.5 Å². The maximum absolute atomic E-state index is 12.4. The lowest BCUT2D eigenvalue weighted by Gasteiger charge is -2.12. The molecule has 0 aliphatic carbocycles. The summed E-state index contributed by atoms with van der Waals surface area (Å²) in [5, 5.41) is 11.6. The molecule has 2 aromatic carbocycles. The molecule has 35 heavy (non-hydrogen) atoms. The van der Waals surface area contributed by atoms with E-state index in [2.05, 4.69) is 14.7 Å². The Kier molecular flexibility index (Phi) is 8.45. The molecular weight excluding hydrogens is 512 g/mol. The van der Waals surface area contributed by atoms with Gasteiger partial charge in [0.1, 0.15) is 36.4 Å². The van der Waals surface area contributed by atoms with Crippen LogP contribution in [0.1, 0.15) is 16.7 Å². The Morgan fingerprint density at radius 3 is 2.46 bits per heavy atom. The second kappa shape index (κ2) is 11.3. The standard InChI is InChI=1S/C23H21ClN4O5S2/c1-14-4-6-19(15(2)10-14)32-8-9-33-20-7-5-16(12-18(20)24)11-17(13-25)21(29)26-22-27-23(28-34-22)35(3,30)31/h4-7,10-12H,8-9H2,1-3H3,(H,26,27,28,29). The number of benzene rings is 2. The van der Waals surface area contributed by atoms with Crippen LogP contribution in [0.25, 0.3) is 6.08 Å². The molecule has 1 N–H and O–H groups in total. The number of nitrogens with one attached hydrogen (secondary N) is 1. The van der Waals surface area contributed by atoms with E-state index in [1.165, 1.54) is 6.08 Å². The summed E-state index contributed by atoms with van der Waals surface area (Å²) in [4.78, 5) is 16.1. The molecule has 0 bridgehead atoms. The molecule has 0 spiro atoms. The molecule has 1 heterocycles. The molecule has 0 saturated heterocycles. The fraction of sp³-hybridized carbons (Fsp3) is 0.217. The SMILES string of the molecule is Cc1ccc(OCCOc2ccc(C=C(C#N)C(=O)Nc3nc(S(C)(=O)=O)ns3)cc2Cl)c(C)c1. The first kappa shape index (κ1) is 26.2. The highest BCUT2D eigenvalue weighted by molar-refractivity contribution is 7.90. The largest absolute Gasteiger partial charge is 0.490 e. The summed E-state index contributed by atoms with van der Waals surface area (Å²) in [5.74, 6) is 0.455. The van der Waals surface area contributed by atoms with E-state index in [0.717, 1.165) is 23.1 Å². The number of ether oxygens (including phenoxy) is 2. The van der Waals surface area contributed by atoms with Crippen LogP contribution in [0.2, 0.25) is 5.02 Å². The van der Waals surface area contributed by atoms with Crippen molar-refractivity contribution in [3.05, 3.63) is 63.7 Å². The molecule has 0 fully saturated rings. The predicted molar refractivity (Wildman–Crippen MR) is 134 cm³/mol. The second-order valence-electron chi connectivity index (χ2n) is 7.43. The Morgan fingerprint density at radius 2 is 1.86 bits per heavy atom. The number of nitriles is 1. The van der Waals surface area contributed by atoms with E-state index >= 15 is 0 Å². The highest BCUT2D eigenvalue weighted by Crippen LogP contribution is 2.27. The Morgan fingerprint density at radius 1 is 1.17 bits per heavy atom. The van der Waals surface area contributed by atoms with Crippen LogP contribution in [-0.4, -0.2) is 43.2 Å². The van der Waals surface area contributed by atoms with E-state index in [1.54, 1.807) is 24.3 Å². The smallest absolute Gasteiger partial charge is 0.268 e. The fourth-order valence-corrected chi connectivity index (χ4v) is 4.56. The van der Waals surface area contributed by atoms with Crippen molar-refractivity contribution in [3.8, 4) is 17.6 Å². The molecule has 0 aliphatic rings. The van der Waals surface area contributed by atoms with E-state index < -0.39 is 20.9 Å². The quantitative estimate of drug-likeness (QED) is 0.246. The van der Waals surface area contributed by atoms with Crippen LogP contribution < -0.4 is 14.8 Å². The monoisotopic (exact) mass is 532 g/mol. The van der Waals surface area contributed by atoms with E-state index in [4.69, 9.17) is 21.1 Å². The molecule has 0 saturated carbocycles. The lowest BCUT2D eigenvalue weighted by Crippen LogP contribution is -2.13. The Balaban J connectivity index is 1.60. The van der Waals surface area contributed by atoms with Crippen LogP contribution in [0, 0.1) is 25.2 Å².